The molecule has 2 aromatic heterocycles. The van der Waals surface area contributed by atoms with Crippen LogP contribution in [0.1, 0.15) is 28.6 Å². The molecule has 0 spiro atoms. The molecule has 4 rings (SSSR count). The summed E-state index contributed by atoms with van der Waals surface area (Å²) in [6.45, 7) is 9.33. The third kappa shape index (κ3) is 3.31. The van der Waals surface area contributed by atoms with Gasteiger partial charge < -0.3 is 15.0 Å². The zero-order valence-electron chi connectivity index (χ0n) is 14.3. The molecule has 1 N–H and O–H groups in total. The van der Waals surface area contributed by atoms with E-state index in [1.807, 2.05) is 6.92 Å². The van der Waals surface area contributed by atoms with Crippen LogP contribution < -0.4 is 10.2 Å². The van der Waals surface area contributed by atoms with E-state index in [-0.39, 0.29) is 0 Å². The molecule has 2 aliphatic rings. The number of rotatable bonds is 4. The van der Waals surface area contributed by atoms with Crippen LogP contribution >= 0.6 is 11.3 Å². The van der Waals surface area contributed by atoms with Gasteiger partial charge in [0, 0.05) is 37.0 Å². The summed E-state index contributed by atoms with van der Waals surface area (Å²) in [5.41, 5.74) is 1.14. The fourth-order valence-electron chi connectivity index (χ4n) is 3.30. The highest BCUT2D eigenvalue weighted by Gasteiger charge is 2.22. The third-order valence-electron chi connectivity index (χ3n) is 4.68. The number of hydrogen-bond acceptors (Lipinski definition) is 7. The number of morpholine rings is 1. The topological polar surface area (TPSA) is 68.1 Å². The van der Waals surface area contributed by atoms with Crippen molar-refractivity contribution in [2.24, 2.45) is 0 Å². The average Bonchev–Trinajstić information content (AvgIpc) is 3.15. The van der Waals surface area contributed by atoms with E-state index in [0.717, 1.165) is 74.7 Å². The van der Waals surface area contributed by atoms with Gasteiger partial charge in [-0.3, -0.25) is 0 Å². The van der Waals surface area contributed by atoms with Gasteiger partial charge in [-0.1, -0.05) is 0 Å². The summed E-state index contributed by atoms with van der Waals surface area (Å²) in [5, 5.41) is 9.29. The standard InChI is InChI=1S/C16H24N6OS/c1-11-14(24-16(18-11)21-5-7-23-8-6-21)9-17-13-3-4-15-19-12(2)20-22(15)10-13/h13,17H,3-10H2,1-2H3. The van der Waals surface area contributed by atoms with Crippen molar-refractivity contribution in [2.45, 2.75) is 45.8 Å². The van der Waals surface area contributed by atoms with Crippen LogP contribution in [-0.4, -0.2) is 52.1 Å². The number of aromatic nitrogens is 4. The summed E-state index contributed by atoms with van der Waals surface area (Å²) >= 11 is 1.81. The Labute approximate surface area is 146 Å². The molecule has 2 aromatic rings. The van der Waals surface area contributed by atoms with Crippen LogP contribution in [0.2, 0.25) is 0 Å². The lowest BCUT2D eigenvalue weighted by atomic mass is 10.1. The summed E-state index contributed by atoms with van der Waals surface area (Å²) in [5.74, 6) is 1.99. The van der Waals surface area contributed by atoms with Crippen molar-refractivity contribution >= 4 is 16.5 Å². The number of ether oxygens (including phenoxy) is 1. The van der Waals surface area contributed by atoms with Crippen molar-refractivity contribution in [1.29, 1.82) is 0 Å². The minimum atomic E-state index is 0.451. The van der Waals surface area contributed by atoms with Crippen LogP contribution in [0.15, 0.2) is 0 Å². The van der Waals surface area contributed by atoms with Gasteiger partial charge in [-0.2, -0.15) is 5.10 Å². The second-order valence-corrected chi connectivity index (χ2v) is 7.54. The molecule has 4 heterocycles. The van der Waals surface area contributed by atoms with Gasteiger partial charge in [0.15, 0.2) is 5.13 Å². The monoisotopic (exact) mass is 348 g/mol. The predicted molar refractivity (Wildman–Crippen MR) is 93.6 cm³/mol. The van der Waals surface area contributed by atoms with Crippen LogP contribution in [-0.2, 0) is 24.2 Å². The van der Waals surface area contributed by atoms with Crippen molar-refractivity contribution in [3.63, 3.8) is 0 Å². The highest BCUT2D eigenvalue weighted by atomic mass is 32.1. The van der Waals surface area contributed by atoms with Crippen molar-refractivity contribution < 1.29 is 4.74 Å². The fraction of sp³-hybridized carbons (Fsp3) is 0.688. The second kappa shape index (κ2) is 6.78. The van der Waals surface area contributed by atoms with Crippen molar-refractivity contribution in [3.05, 3.63) is 22.2 Å². The first kappa shape index (κ1) is 16.0. The van der Waals surface area contributed by atoms with E-state index in [2.05, 4.69) is 31.9 Å². The molecule has 130 valence electrons. The van der Waals surface area contributed by atoms with E-state index < -0.39 is 0 Å². The second-order valence-electron chi connectivity index (χ2n) is 6.48. The van der Waals surface area contributed by atoms with Gasteiger partial charge >= 0.3 is 0 Å². The molecule has 1 unspecified atom stereocenters. The molecule has 24 heavy (non-hydrogen) atoms. The number of thiazole rings is 1. The first-order valence-electron chi connectivity index (χ1n) is 8.62. The highest BCUT2D eigenvalue weighted by Crippen LogP contribution is 2.27. The van der Waals surface area contributed by atoms with Crippen molar-refractivity contribution in [1.82, 2.24) is 25.1 Å². The molecular formula is C16H24N6OS. The molecular weight excluding hydrogens is 324 g/mol. The molecule has 2 aliphatic heterocycles. The van der Waals surface area contributed by atoms with Crippen LogP contribution in [0.3, 0.4) is 0 Å². The number of anilines is 1. The van der Waals surface area contributed by atoms with Gasteiger partial charge in [-0.05, 0) is 20.3 Å². The van der Waals surface area contributed by atoms with Crippen molar-refractivity contribution in [3.8, 4) is 0 Å². The number of nitrogens with one attached hydrogen (secondary N) is 1. The van der Waals surface area contributed by atoms with Gasteiger partial charge in [0.1, 0.15) is 11.6 Å². The molecule has 1 fully saturated rings. The maximum Gasteiger partial charge on any atom is 0.185 e. The van der Waals surface area contributed by atoms with Crippen LogP contribution in [0.25, 0.3) is 0 Å². The predicted octanol–water partition coefficient (Wildman–Crippen LogP) is 1.29. The van der Waals surface area contributed by atoms with Gasteiger partial charge in [0.2, 0.25) is 0 Å². The normalized spacial score (nSPS) is 21.1. The summed E-state index contributed by atoms with van der Waals surface area (Å²) in [6, 6.07) is 0.451. The summed E-state index contributed by atoms with van der Waals surface area (Å²) in [4.78, 5) is 12.9. The Balaban J connectivity index is 1.37. The molecule has 0 radical (unpaired) electrons. The lowest BCUT2D eigenvalue weighted by Gasteiger charge is -2.26. The Hall–Kier alpha value is -1.51. The minimum Gasteiger partial charge on any atom is -0.378 e. The summed E-state index contributed by atoms with van der Waals surface area (Å²) in [6.07, 6.45) is 2.12. The maximum atomic E-state index is 5.42. The van der Waals surface area contributed by atoms with Gasteiger partial charge in [-0.15, -0.1) is 11.3 Å². The Morgan fingerprint density at radius 3 is 2.92 bits per heavy atom. The summed E-state index contributed by atoms with van der Waals surface area (Å²) < 4.78 is 7.48. The van der Waals surface area contributed by atoms with E-state index >= 15 is 0 Å². The molecule has 0 bridgehead atoms. The number of aryl methyl sites for hydroxylation is 3. The molecule has 0 amide bonds. The average molecular weight is 348 g/mol. The van der Waals surface area contributed by atoms with Crippen LogP contribution in [0.4, 0.5) is 5.13 Å². The number of hydrogen-bond donors (Lipinski definition) is 1. The largest absolute Gasteiger partial charge is 0.378 e. The minimum absolute atomic E-state index is 0.451. The Morgan fingerprint density at radius 2 is 2.08 bits per heavy atom. The number of fused-ring (bicyclic) bond motifs is 1. The van der Waals surface area contributed by atoms with E-state index in [0.29, 0.717) is 6.04 Å². The van der Waals surface area contributed by atoms with Crippen LogP contribution in [0, 0.1) is 13.8 Å². The quantitative estimate of drug-likeness (QED) is 0.898. The molecule has 1 saturated heterocycles. The third-order valence-corrected chi connectivity index (χ3v) is 5.90. The number of nitrogens with zero attached hydrogens (tertiary/aromatic N) is 5. The molecule has 0 aliphatic carbocycles. The smallest absolute Gasteiger partial charge is 0.185 e. The lowest BCUT2D eigenvalue weighted by Crippen LogP contribution is -2.37. The summed E-state index contributed by atoms with van der Waals surface area (Å²) in [7, 11) is 0. The van der Waals surface area contributed by atoms with Gasteiger partial charge in [-0.25, -0.2) is 14.6 Å². The molecule has 7 nitrogen and oxygen atoms in total. The van der Waals surface area contributed by atoms with E-state index in [1.165, 1.54) is 4.88 Å². The fourth-order valence-corrected chi connectivity index (χ4v) is 4.37. The molecule has 0 saturated carbocycles. The first-order valence-corrected chi connectivity index (χ1v) is 9.43. The Morgan fingerprint density at radius 1 is 1.25 bits per heavy atom. The Bertz CT molecular complexity index is 705. The van der Waals surface area contributed by atoms with E-state index in [9.17, 15) is 0 Å². The Kier molecular flexibility index (Phi) is 4.51. The van der Waals surface area contributed by atoms with Crippen molar-refractivity contribution in [2.75, 3.05) is 31.2 Å². The first-order chi connectivity index (χ1) is 11.7. The van der Waals surface area contributed by atoms with Crippen LogP contribution in [0.5, 0.6) is 0 Å². The van der Waals surface area contributed by atoms with Gasteiger partial charge in [0.25, 0.3) is 0 Å². The van der Waals surface area contributed by atoms with Gasteiger partial charge in [0.05, 0.1) is 25.5 Å². The van der Waals surface area contributed by atoms with E-state index in [4.69, 9.17) is 9.72 Å². The zero-order valence-corrected chi connectivity index (χ0v) is 15.1. The zero-order chi connectivity index (χ0) is 16.5. The maximum absolute atomic E-state index is 5.42. The van der Waals surface area contributed by atoms with E-state index in [1.54, 1.807) is 11.3 Å². The molecule has 8 heteroatoms. The molecule has 1 atom stereocenters. The SMILES string of the molecule is Cc1nc2n(n1)CC(NCc1sc(N3CCOCC3)nc1C)CC2. The lowest BCUT2D eigenvalue weighted by molar-refractivity contribution is 0.122. The molecule has 0 aromatic carbocycles. The highest BCUT2D eigenvalue weighted by molar-refractivity contribution is 7.15.